The molecule has 1 aromatic heterocycles. The topological polar surface area (TPSA) is 58.4 Å². The van der Waals surface area contributed by atoms with Crippen LogP contribution in [0, 0.1) is 13.8 Å². The Morgan fingerprint density at radius 2 is 1.30 bits per heavy atom. The first kappa shape index (κ1) is 20.9. The van der Waals surface area contributed by atoms with Crippen LogP contribution in [0.2, 0.25) is 0 Å². The van der Waals surface area contributed by atoms with E-state index in [2.05, 4.69) is 4.57 Å². The summed E-state index contributed by atoms with van der Waals surface area (Å²) in [5, 5.41) is 0. The number of carbonyl (C=O) groups excluding carboxylic acids is 2. The van der Waals surface area contributed by atoms with Crippen LogP contribution in [-0.4, -0.2) is 57.3 Å². The van der Waals surface area contributed by atoms with Gasteiger partial charge < -0.3 is 9.80 Å². The van der Waals surface area contributed by atoms with Crippen molar-refractivity contribution >= 4 is 22.8 Å². The van der Waals surface area contributed by atoms with Crippen molar-refractivity contribution in [3.63, 3.8) is 0 Å². The molecule has 6 heteroatoms. The number of hydrogen-bond acceptors (Lipinski definition) is 3. The number of amides is 2. The smallest absolute Gasteiger partial charge is 0.254 e. The highest BCUT2D eigenvalue weighted by molar-refractivity contribution is 5.98. The van der Waals surface area contributed by atoms with Crippen molar-refractivity contribution in [2.75, 3.05) is 26.2 Å². The summed E-state index contributed by atoms with van der Waals surface area (Å²) in [5.41, 5.74) is 5.27. The lowest BCUT2D eigenvalue weighted by molar-refractivity contribution is 0.0535. The first-order valence-corrected chi connectivity index (χ1v) is 11.2. The second-order valence-electron chi connectivity index (χ2n) is 8.48. The molecule has 6 nitrogen and oxygen atoms in total. The summed E-state index contributed by atoms with van der Waals surface area (Å²) in [6.45, 7) is 6.07. The van der Waals surface area contributed by atoms with Gasteiger partial charge in [0.1, 0.15) is 5.82 Å². The summed E-state index contributed by atoms with van der Waals surface area (Å²) in [4.78, 5) is 34.3. The second-order valence-corrected chi connectivity index (χ2v) is 8.48. The Kier molecular flexibility index (Phi) is 5.42. The van der Waals surface area contributed by atoms with E-state index >= 15 is 0 Å². The number of rotatable bonds is 3. The first-order valence-electron chi connectivity index (χ1n) is 11.2. The van der Waals surface area contributed by atoms with E-state index in [-0.39, 0.29) is 11.8 Å². The molecule has 33 heavy (non-hydrogen) atoms. The summed E-state index contributed by atoms with van der Waals surface area (Å²) < 4.78 is 2.10. The highest BCUT2D eigenvalue weighted by Crippen LogP contribution is 2.23. The van der Waals surface area contributed by atoms with Gasteiger partial charge in [0.15, 0.2) is 0 Å². The average molecular weight is 439 g/mol. The molecule has 1 aliphatic heterocycles. The van der Waals surface area contributed by atoms with Crippen molar-refractivity contribution in [3.8, 4) is 5.69 Å². The number of fused-ring (bicyclic) bond motifs is 1. The zero-order chi connectivity index (χ0) is 22.9. The van der Waals surface area contributed by atoms with Crippen molar-refractivity contribution in [3.05, 3.63) is 95.3 Å². The molecule has 0 radical (unpaired) electrons. The van der Waals surface area contributed by atoms with E-state index in [9.17, 15) is 9.59 Å². The zero-order valence-corrected chi connectivity index (χ0v) is 18.9. The Bertz CT molecular complexity index is 1320. The minimum absolute atomic E-state index is 0.0189. The number of para-hydroxylation sites is 1. The standard InChI is InChI=1S/C27H26N4O2/c1-19-8-10-21(11-9-19)26(32)29-14-16-30(17-15-29)27(33)22-12-13-25-24(18-22)28-20(2)31(25)23-6-4-3-5-7-23/h3-13,18H,14-17H2,1-2H3. The van der Waals surface area contributed by atoms with Gasteiger partial charge in [-0.15, -0.1) is 0 Å². The molecule has 1 aliphatic rings. The molecular formula is C27H26N4O2. The van der Waals surface area contributed by atoms with Crippen LogP contribution in [-0.2, 0) is 0 Å². The minimum Gasteiger partial charge on any atom is -0.335 e. The summed E-state index contributed by atoms with van der Waals surface area (Å²) in [7, 11) is 0. The van der Waals surface area contributed by atoms with Crippen LogP contribution < -0.4 is 0 Å². The number of aryl methyl sites for hydroxylation is 2. The summed E-state index contributed by atoms with van der Waals surface area (Å²) >= 11 is 0. The van der Waals surface area contributed by atoms with Crippen LogP contribution in [0.3, 0.4) is 0 Å². The highest BCUT2D eigenvalue weighted by atomic mass is 16.2. The molecule has 4 aromatic rings. The fourth-order valence-corrected chi connectivity index (χ4v) is 4.41. The molecule has 0 spiro atoms. The highest BCUT2D eigenvalue weighted by Gasteiger charge is 2.26. The monoisotopic (exact) mass is 438 g/mol. The maximum atomic E-state index is 13.2. The van der Waals surface area contributed by atoms with Gasteiger partial charge in [-0.3, -0.25) is 14.2 Å². The maximum absolute atomic E-state index is 13.2. The number of hydrogen-bond donors (Lipinski definition) is 0. The van der Waals surface area contributed by atoms with Crippen molar-refractivity contribution in [1.82, 2.24) is 19.4 Å². The number of aromatic nitrogens is 2. The Hall–Kier alpha value is -3.93. The maximum Gasteiger partial charge on any atom is 0.254 e. The third-order valence-electron chi connectivity index (χ3n) is 6.24. The number of benzene rings is 3. The van der Waals surface area contributed by atoms with Crippen LogP contribution in [0.15, 0.2) is 72.8 Å². The molecule has 2 heterocycles. The van der Waals surface area contributed by atoms with Crippen molar-refractivity contribution in [2.45, 2.75) is 13.8 Å². The molecule has 1 saturated heterocycles. The lowest BCUT2D eigenvalue weighted by atomic mass is 10.1. The normalized spacial score (nSPS) is 14.0. The summed E-state index contributed by atoms with van der Waals surface area (Å²) in [5.74, 6) is 0.876. The Labute approximate surface area is 193 Å². The Morgan fingerprint density at radius 3 is 1.94 bits per heavy atom. The molecule has 0 atom stereocenters. The van der Waals surface area contributed by atoms with Crippen LogP contribution in [0.5, 0.6) is 0 Å². The molecule has 1 fully saturated rings. The lowest BCUT2D eigenvalue weighted by Gasteiger charge is -2.35. The second kappa shape index (κ2) is 8.54. The van der Waals surface area contributed by atoms with Gasteiger partial charge in [-0.05, 0) is 56.3 Å². The number of nitrogens with zero attached hydrogens (tertiary/aromatic N) is 4. The van der Waals surface area contributed by atoms with E-state index in [1.165, 1.54) is 0 Å². The van der Waals surface area contributed by atoms with E-state index in [4.69, 9.17) is 4.98 Å². The van der Waals surface area contributed by atoms with Crippen molar-refractivity contribution < 1.29 is 9.59 Å². The van der Waals surface area contributed by atoms with Crippen LogP contribution in [0.4, 0.5) is 0 Å². The van der Waals surface area contributed by atoms with Crippen LogP contribution in [0.25, 0.3) is 16.7 Å². The predicted octanol–water partition coefficient (Wildman–Crippen LogP) is 4.24. The van der Waals surface area contributed by atoms with Gasteiger partial charge >= 0.3 is 0 Å². The van der Waals surface area contributed by atoms with Crippen molar-refractivity contribution in [2.24, 2.45) is 0 Å². The third-order valence-corrected chi connectivity index (χ3v) is 6.24. The molecule has 2 amide bonds. The molecule has 0 bridgehead atoms. The third kappa shape index (κ3) is 4.00. The average Bonchev–Trinajstić information content (AvgIpc) is 3.19. The number of piperazine rings is 1. The van der Waals surface area contributed by atoms with Crippen molar-refractivity contribution in [1.29, 1.82) is 0 Å². The lowest BCUT2D eigenvalue weighted by Crippen LogP contribution is -2.50. The van der Waals surface area contributed by atoms with E-state index in [0.29, 0.717) is 37.3 Å². The van der Waals surface area contributed by atoms with Gasteiger partial charge in [0.25, 0.3) is 11.8 Å². The largest absolute Gasteiger partial charge is 0.335 e. The van der Waals surface area contributed by atoms with Gasteiger partial charge in [0.05, 0.1) is 11.0 Å². The fourth-order valence-electron chi connectivity index (χ4n) is 4.41. The summed E-state index contributed by atoms with van der Waals surface area (Å²) in [6.07, 6.45) is 0. The minimum atomic E-state index is -0.0220. The van der Waals surface area contributed by atoms with E-state index in [1.54, 1.807) is 0 Å². The molecule has 5 rings (SSSR count). The van der Waals surface area contributed by atoms with Crippen LogP contribution in [0.1, 0.15) is 32.1 Å². The summed E-state index contributed by atoms with van der Waals surface area (Å²) in [6, 6.07) is 23.4. The van der Waals surface area contributed by atoms with Gasteiger partial charge in [-0.2, -0.15) is 0 Å². The van der Waals surface area contributed by atoms with E-state index in [1.807, 2.05) is 96.4 Å². The molecular weight excluding hydrogens is 412 g/mol. The Morgan fingerprint density at radius 1 is 0.727 bits per heavy atom. The molecule has 0 unspecified atom stereocenters. The predicted molar refractivity (Wildman–Crippen MR) is 129 cm³/mol. The molecule has 0 saturated carbocycles. The molecule has 166 valence electrons. The molecule has 3 aromatic carbocycles. The Balaban J connectivity index is 1.30. The van der Waals surface area contributed by atoms with E-state index in [0.717, 1.165) is 28.1 Å². The first-order chi connectivity index (χ1) is 16.0. The van der Waals surface area contributed by atoms with Gasteiger partial charge in [-0.25, -0.2) is 4.98 Å². The number of carbonyl (C=O) groups is 2. The molecule has 0 N–H and O–H groups in total. The molecule has 0 aliphatic carbocycles. The quantitative estimate of drug-likeness (QED) is 0.481. The number of imidazole rings is 1. The zero-order valence-electron chi connectivity index (χ0n) is 18.9. The van der Waals surface area contributed by atoms with Gasteiger partial charge in [-0.1, -0.05) is 35.9 Å². The SMILES string of the molecule is Cc1ccc(C(=O)N2CCN(C(=O)c3ccc4c(c3)nc(C)n4-c3ccccc3)CC2)cc1. The fraction of sp³-hybridized carbons (Fsp3) is 0.222. The van der Waals surface area contributed by atoms with Gasteiger partial charge in [0, 0.05) is 43.0 Å². The van der Waals surface area contributed by atoms with Gasteiger partial charge in [0.2, 0.25) is 0 Å². The van der Waals surface area contributed by atoms with Crippen LogP contribution >= 0.6 is 0 Å². The van der Waals surface area contributed by atoms with E-state index < -0.39 is 0 Å².